The maximum absolute atomic E-state index is 12.7. The minimum Gasteiger partial charge on any atom is -0.383 e. The number of nitrogens with one attached hydrogen (secondary N) is 2. The van der Waals surface area contributed by atoms with Crippen LogP contribution >= 0.6 is 11.8 Å². The van der Waals surface area contributed by atoms with Gasteiger partial charge in [-0.25, -0.2) is 4.39 Å². The van der Waals surface area contributed by atoms with E-state index in [1.165, 1.54) is 23.9 Å². The molecule has 2 amide bonds. The van der Waals surface area contributed by atoms with Gasteiger partial charge in [-0.15, -0.1) is 11.8 Å². The van der Waals surface area contributed by atoms with Crippen molar-refractivity contribution in [2.45, 2.75) is 4.90 Å². The molecule has 110 valence electrons. The van der Waals surface area contributed by atoms with E-state index >= 15 is 0 Å². The Balaban J connectivity index is 2.17. The van der Waals surface area contributed by atoms with Crippen LogP contribution in [0, 0.1) is 5.82 Å². The standard InChI is InChI=1S/C13H17FN2O3S/c1-19-7-6-15-12(17)8-16-13(18)9-20-11-4-2-10(14)3-5-11/h2-5H,6-9H2,1H3,(H,15,17)(H,16,18). The molecule has 0 atom stereocenters. The highest BCUT2D eigenvalue weighted by Crippen LogP contribution is 2.17. The van der Waals surface area contributed by atoms with Crippen molar-refractivity contribution in [2.24, 2.45) is 0 Å². The van der Waals surface area contributed by atoms with Gasteiger partial charge < -0.3 is 15.4 Å². The molecule has 0 aliphatic carbocycles. The van der Waals surface area contributed by atoms with Crippen LogP contribution in [0.2, 0.25) is 0 Å². The highest BCUT2D eigenvalue weighted by Gasteiger charge is 2.06. The summed E-state index contributed by atoms with van der Waals surface area (Å²) in [7, 11) is 1.54. The first-order valence-corrected chi connectivity index (χ1v) is 7.01. The predicted octanol–water partition coefficient (Wildman–Crippen LogP) is 0.797. The Kier molecular flexibility index (Phi) is 7.67. The van der Waals surface area contributed by atoms with Crippen LogP contribution in [-0.2, 0) is 14.3 Å². The maximum atomic E-state index is 12.7. The van der Waals surface area contributed by atoms with Gasteiger partial charge in [-0.05, 0) is 24.3 Å². The van der Waals surface area contributed by atoms with Crippen LogP contribution in [0.3, 0.4) is 0 Å². The number of benzene rings is 1. The molecule has 0 saturated heterocycles. The first-order valence-electron chi connectivity index (χ1n) is 6.02. The number of hydrogen-bond donors (Lipinski definition) is 2. The van der Waals surface area contributed by atoms with Crippen molar-refractivity contribution in [2.75, 3.05) is 32.6 Å². The van der Waals surface area contributed by atoms with Crippen molar-refractivity contribution in [3.63, 3.8) is 0 Å². The number of thioether (sulfide) groups is 1. The van der Waals surface area contributed by atoms with E-state index in [1.807, 2.05) is 0 Å². The van der Waals surface area contributed by atoms with Crippen molar-refractivity contribution >= 4 is 23.6 Å². The number of halogens is 1. The number of carbonyl (C=O) groups is 2. The summed E-state index contributed by atoms with van der Waals surface area (Å²) in [5.41, 5.74) is 0. The van der Waals surface area contributed by atoms with Crippen molar-refractivity contribution in [1.29, 1.82) is 0 Å². The van der Waals surface area contributed by atoms with Crippen LogP contribution in [0.15, 0.2) is 29.2 Å². The van der Waals surface area contributed by atoms with Crippen molar-refractivity contribution < 1.29 is 18.7 Å². The Morgan fingerprint density at radius 2 is 1.90 bits per heavy atom. The molecular weight excluding hydrogens is 283 g/mol. The van der Waals surface area contributed by atoms with Crippen LogP contribution < -0.4 is 10.6 Å². The van der Waals surface area contributed by atoms with Crippen LogP contribution in [0.1, 0.15) is 0 Å². The molecule has 1 aromatic carbocycles. The van der Waals surface area contributed by atoms with E-state index in [2.05, 4.69) is 10.6 Å². The molecule has 0 unspecified atom stereocenters. The average molecular weight is 300 g/mol. The van der Waals surface area contributed by atoms with Crippen LogP contribution in [-0.4, -0.2) is 44.4 Å². The molecule has 2 N–H and O–H groups in total. The van der Waals surface area contributed by atoms with E-state index in [-0.39, 0.29) is 29.9 Å². The maximum Gasteiger partial charge on any atom is 0.239 e. The second-order valence-corrected chi connectivity index (χ2v) is 4.91. The molecule has 7 heteroatoms. The number of hydrogen-bond acceptors (Lipinski definition) is 4. The van der Waals surface area contributed by atoms with E-state index in [0.717, 1.165) is 4.90 Å². The number of amides is 2. The second-order valence-electron chi connectivity index (χ2n) is 3.86. The number of rotatable bonds is 8. The Hall–Kier alpha value is -1.60. The summed E-state index contributed by atoms with van der Waals surface area (Å²) in [6.45, 7) is 0.780. The lowest BCUT2D eigenvalue weighted by atomic mass is 10.4. The fourth-order valence-electron chi connectivity index (χ4n) is 1.26. The van der Waals surface area contributed by atoms with E-state index in [9.17, 15) is 14.0 Å². The average Bonchev–Trinajstić information content (AvgIpc) is 2.45. The highest BCUT2D eigenvalue weighted by molar-refractivity contribution is 8.00. The van der Waals surface area contributed by atoms with E-state index in [4.69, 9.17) is 4.74 Å². The quantitative estimate of drug-likeness (QED) is 0.550. The van der Waals surface area contributed by atoms with Gasteiger partial charge in [0.1, 0.15) is 5.82 Å². The normalized spacial score (nSPS) is 10.1. The second kappa shape index (κ2) is 9.33. The molecule has 0 fully saturated rings. The summed E-state index contributed by atoms with van der Waals surface area (Å²) in [4.78, 5) is 23.6. The van der Waals surface area contributed by atoms with Gasteiger partial charge in [0.05, 0.1) is 18.9 Å². The molecule has 20 heavy (non-hydrogen) atoms. The zero-order valence-electron chi connectivity index (χ0n) is 11.1. The lowest BCUT2D eigenvalue weighted by molar-refractivity contribution is -0.124. The van der Waals surface area contributed by atoms with Gasteiger partial charge in [-0.3, -0.25) is 9.59 Å². The molecule has 0 radical (unpaired) electrons. The number of carbonyl (C=O) groups excluding carboxylic acids is 2. The Morgan fingerprint density at radius 3 is 2.55 bits per heavy atom. The molecule has 0 spiro atoms. The fraction of sp³-hybridized carbons (Fsp3) is 0.385. The monoisotopic (exact) mass is 300 g/mol. The van der Waals surface area contributed by atoms with Crippen molar-refractivity contribution in [1.82, 2.24) is 10.6 Å². The van der Waals surface area contributed by atoms with Gasteiger partial charge in [0.25, 0.3) is 0 Å². The zero-order chi connectivity index (χ0) is 14.8. The van der Waals surface area contributed by atoms with Gasteiger partial charge >= 0.3 is 0 Å². The van der Waals surface area contributed by atoms with E-state index in [0.29, 0.717) is 13.2 Å². The SMILES string of the molecule is COCCNC(=O)CNC(=O)CSc1ccc(F)cc1. The zero-order valence-corrected chi connectivity index (χ0v) is 12.0. The summed E-state index contributed by atoms with van der Waals surface area (Å²) < 4.78 is 17.5. The topological polar surface area (TPSA) is 67.4 Å². The molecule has 0 heterocycles. The molecule has 0 bridgehead atoms. The van der Waals surface area contributed by atoms with Crippen molar-refractivity contribution in [3.05, 3.63) is 30.1 Å². The third-order valence-corrected chi connectivity index (χ3v) is 3.27. The third-order valence-electron chi connectivity index (χ3n) is 2.26. The first kappa shape index (κ1) is 16.5. The van der Waals surface area contributed by atoms with Gasteiger partial charge in [-0.1, -0.05) is 0 Å². The molecule has 5 nitrogen and oxygen atoms in total. The van der Waals surface area contributed by atoms with Crippen molar-refractivity contribution in [3.8, 4) is 0 Å². The van der Waals surface area contributed by atoms with Gasteiger partial charge in [0.15, 0.2) is 0 Å². The Bertz CT molecular complexity index is 440. The Labute approximate surface area is 121 Å². The molecule has 1 rings (SSSR count). The minimum absolute atomic E-state index is 0.0630. The van der Waals surface area contributed by atoms with Gasteiger partial charge in [0, 0.05) is 18.6 Å². The molecule has 0 aliphatic rings. The van der Waals surface area contributed by atoms with E-state index < -0.39 is 0 Å². The summed E-state index contributed by atoms with van der Waals surface area (Å²) in [5.74, 6) is -0.647. The molecule has 0 aromatic heterocycles. The minimum atomic E-state index is -0.313. The molecule has 1 aromatic rings. The number of ether oxygens (including phenoxy) is 1. The molecule has 0 aliphatic heterocycles. The number of methoxy groups -OCH3 is 1. The Morgan fingerprint density at radius 1 is 1.20 bits per heavy atom. The summed E-state index contributed by atoms with van der Waals surface area (Å²) >= 11 is 1.28. The van der Waals surface area contributed by atoms with Gasteiger partial charge in [-0.2, -0.15) is 0 Å². The predicted molar refractivity (Wildman–Crippen MR) is 75.0 cm³/mol. The van der Waals surface area contributed by atoms with Crippen LogP contribution in [0.4, 0.5) is 4.39 Å². The summed E-state index contributed by atoms with van der Waals surface area (Å²) in [6, 6.07) is 5.88. The first-order chi connectivity index (χ1) is 9.61. The molecule has 0 saturated carbocycles. The summed E-state index contributed by atoms with van der Waals surface area (Å²) in [6.07, 6.45) is 0. The van der Waals surface area contributed by atoms with Crippen LogP contribution in [0.5, 0.6) is 0 Å². The lowest BCUT2D eigenvalue weighted by Crippen LogP contribution is -2.38. The highest BCUT2D eigenvalue weighted by atomic mass is 32.2. The summed E-state index contributed by atoms with van der Waals surface area (Å²) in [5, 5.41) is 5.10. The lowest BCUT2D eigenvalue weighted by Gasteiger charge is -2.06. The smallest absolute Gasteiger partial charge is 0.239 e. The van der Waals surface area contributed by atoms with Gasteiger partial charge in [0.2, 0.25) is 11.8 Å². The largest absolute Gasteiger partial charge is 0.383 e. The van der Waals surface area contributed by atoms with E-state index in [1.54, 1.807) is 19.2 Å². The fourth-order valence-corrected chi connectivity index (χ4v) is 1.99. The van der Waals surface area contributed by atoms with Crippen LogP contribution in [0.25, 0.3) is 0 Å². The third kappa shape index (κ3) is 7.10. The molecular formula is C13H17FN2O3S.